The summed E-state index contributed by atoms with van der Waals surface area (Å²) in [5, 5.41) is 8.24. The number of halogens is 1. The molecule has 0 radical (unpaired) electrons. The highest BCUT2D eigenvalue weighted by molar-refractivity contribution is 6.30. The van der Waals surface area contributed by atoms with Gasteiger partial charge in [0.25, 0.3) is 5.91 Å². The third-order valence-corrected chi connectivity index (χ3v) is 5.46. The van der Waals surface area contributed by atoms with Gasteiger partial charge in [-0.3, -0.25) is 9.69 Å². The molecule has 0 saturated carbocycles. The summed E-state index contributed by atoms with van der Waals surface area (Å²) in [4.78, 5) is 26.8. The van der Waals surface area contributed by atoms with Gasteiger partial charge >= 0.3 is 6.03 Å². The van der Waals surface area contributed by atoms with E-state index < -0.39 is 17.5 Å². The van der Waals surface area contributed by atoms with Crippen LogP contribution in [-0.2, 0) is 16.9 Å². The molecule has 0 bridgehead atoms. The third-order valence-electron chi connectivity index (χ3n) is 5.21. The molecule has 2 aromatic heterocycles. The zero-order valence-corrected chi connectivity index (χ0v) is 16.6. The lowest BCUT2D eigenvalue weighted by Crippen LogP contribution is -2.40. The standard InChI is InChI=1S/C22H16ClN3O4/c1-22(19-10-14-4-2-3-5-18(14)29-19)20(27)26(21(28)24-22)12-16-11-17(25-30-16)13-6-8-15(23)9-7-13/h2-11H,12H2,1H3,(H,24,28). The van der Waals surface area contributed by atoms with E-state index in [1.165, 1.54) is 0 Å². The largest absolute Gasteiger partial charge is 0.458 e. The van der Waals surface area contributed by atoms with Gasteiger partial charge in [0, 0.05) is 22.0 Å². The zero-order chi connectivity index (χ0) is 20.9. The van der Waals surface area contributed by atoms with Crippen LogP contribution >= 0.6 is 11.6 Å². The Bertz CT molecular complexity index is 1240. The summed E-state index contributed by atoms with van der Waals surface area (Å²) in [6.45, 7) is 1.59. The lowest BCUT2D eigenvalue weighted by atomic mass is 9.99. The summed E-state index contributed by atoms with van der Waals surface area (Å²) in [6.07, 6.45) is 0. The van der Waals surface area contributed by atoms with Gasteiger partial charge in [-0.25, -0.2) is 4.79 Å². The number of rotatable bonds is 4. The van der Waals surface area contributed by atoms with Crippen LogP contribution in [0.5, 0.6) is 0 Å². The van der Waals surface area contributed by atoms with Crippen LogP contribution in [0.4, 0.5) is 4.79 Å². The van der Waals surface area contributed by atoms with Crippen LogP contribution in [0, 0.1) is 0 Å². The van der Waals surface area contributed by atoms with Crippen LogP contribution < -0.4 is 5.32 Å². The van der Waals surface area contributed by atoms with Gasteiger partial charge in [0.2, 0.25) is 0 Å². The quantitative estimate of drug-likeness (QED) is 0.482. The van der Waals surface area contributed by atoms with E-state index in [9.17, 15) is 9.59 Å². The van der Waals surface area contributed by atoms with Gasteiger partial charge in [-0.15, -0.1) is 0 Å². The van der Waals surface area contributed by atoms with Gasteiger partial charge < -0.3 is 14.3 Å². The molecule has 1 atom stereocenters. The van der Waals surface area contributed by atoms with Crippen LogP contribution in [0.15, 0.2) is 69.6 Å². The molecule has 30 heavy (non-hydrogen) atoms. The summed E-state index contributed by atoms with van der Waals surface area (Å²) < 4.78 is 11.2. The topological polar surface area (TPSA) is 88.6 Å². The molecule has 150 valence electrons. The molecule has 1 aliphatic rings. The zero-order valence-electron chi connectivity index (χ0n) is 15.9. The number of benzene rings is 2. The fourth-order valence-electron chi connectivity index (χ4n) is 3.54. The predicted molar refractivity (Wildman–Crippen MR) is 110 cm³/mol. The van der Waals surface area contributed by atoms with Crippen LogP contribution in [-0.4, -0.2) is 22.0 Å². The number of carbonyl (C=O) groups is 2. The van der Waals surface area contributed by atoms with Crippen molar-refractivity contribution in [3.8, 4) is 11.3 Å². The van der Waals surface area contributed by atoms with Gasteiger partial charge in [-0.1, -0.05) is 47.1 Å². The monoisotopic (exact) mass is 421 g/mol. The average Bonchev–Trinajstić information content (AvgIpc) is 3.43. The van der Waals surface area contributed by atoms with E-state index >= 15 is 0 Å². The molecule has 1 unspecified atom stereocenters. The maximum atomic E-state index is 13.1. The Kier molecular flexibility index (Phi) is 4.15. The molecule has 1 aliphatic heterocycles. The number of urea groups is 1. The van der Waals surface area contributed by atoms with Crippen molar-refractivity contribution in [1.29, 1.82) is 0 Å². The van der Waals surface area contributed by atoms with E-state index in [1.807, 2.05) is 36.4 Å². The highest BCUT2D eigenvalue weighted by atomic mass is 35.5. The Morgan fingerprint density at radius 2 is 1.87 bits per heavy atom. The molecule has 8 heteroatoms. The van der Waals surface area contributed by atoms with Gasteiger partial charge in [-0.2, -0.15) is 0 Å². The van der Waals surface area contributed by atoms with Crippen LogP contribution in [0.1, 0.15) is 18.4 Å². The van der Waals surface area contributed by atoms with Crippen molar-refractivity contribution < 1.29 is 18.5 Å². The molecule has 1 fully saturated rings. The molecule has 4 aromatic rings. The number of fused-ring (bicyclic) bond motifs is 1. The Morgan fingerprint density at radius 1 is 1.10 bits per heavy atom. The van der Waals surface area contributed by atoms with E-state index in [4.69, 9.17) is 20.5 Å². The average molecular weight is 422 g/mol. The van der Waals surface area contributed by atoms with Gasteiger partial charge in [-0.05, 0) is 31.2 Å². The molecule has 1 saturated heterocycles. The molecular formula is C22H16ClN3O4. The number of hydrogen-bond acceptors (Lipinski definition) is 5. The highest BCUT2D eigenvalue weighted by Crippen LogP contribution is 2.34. The number of nitrogens with zero attached hydrogens (tertiary/aromatic N) is 2. The molecule has 3 amide bonds. The smallest absolute Gasteiger partial charge is 0.325 e. The van der Waals surface area contributed by atoms with Gasteiger partial charge in [0.15, 0.2) is 11.3 Å². The van der Waals surface area contributed by atoms with Gasteiger partial charge in [0.05, 0.1) is 6.54 Å². The number of aromatic nitrogens is 1. The first-order valence-electron chi connectivity index (χ1n) is 9.29. The Morgan fingerprint density at radius 3 is 2.63 bits per heavy atom. The van der Waals surface area contributed by atoms with Crippen molar-refractivity contribution in [3.05, 3.63) is 77.2 Å². The highest BCUT2D eigenvalue weighted by Gasteiger charge is 2.51. The van der Waals surface area contributed by atoms with Gasteiger partial charge in [0.1, 0.15) is 17.0 Å². The summed E-state index contributed by atoms with van der Waals surface area (Å²) in [6, 6.07) is 17.5. The molecular weight excluding hydrogens is 406 g/mol. The molecule has 0 aliphatic carbocycles. The molecule has 0 spiro atoms. The van der Waals surface area contributed by atoms with Crippen molar-refractivity contribution in [1.82, 2.24) is 15.4 Å². The minimum atomic E-state index is -1.30. The molecule has 2 aromatic carbocycles. The summed E-state index contributed by atoms with van der Waals surface area (Å²) in [5.41, 5.74) is 0.763. The summed E-state index contributed by atoms with van der Waals surface area (Å²) in [5.74, 6) is 0.345. The second kappa shape index (κ2) is 6.74. The minimum absolute atomic E-state index is 0.0406. The SMILES string of the molecule is CC1(c2cc3ccccc3o2)NC(=O)N(Cc2cc(-c3ccc(Cl)cc3)no2)C1=O. The number of imide groups is 1. The molecule has 1 N–H and O–H groups in total. The van der Waals surface area contributed by atoms with Crippen molar-refractivity contribution in [2.24, 2.45) is 0 Å². The third kappa shape index (κ3) is 2.95. The number of para-hydroxylation sites is 1. The Labute approximate surface area is 176 Å². The van der Waals surface area contributed by atoms with Crippen LogP contribution in [0.3, 0.4) is 0 Å². The first-order valence-corrected chi connectivity index (χ1v) is 9.66. The number of amides is 3. The van der Waals surface area contributed by atoms with E-state index in [0.29, 0.717) is 27.8 Å². The Hall–Kier alpha value is -3.58. The molecule has 3 heterocycles. The fraction of sp³-hybridized carbons (Fsp3) is 0.136. The number of nitrogens with one attached hydrogen (secondary N) is 1. The Balaban J connectivity index is 1.40. The summed E-state index contributed by atoms with van der Waals surface area (Å²) >= 11 is 5.91. The lowest BCUT2D eigenvalue weighted by molar-refractivity contribution is -0.132. The van der Waals surface area contributed by atoms with Crippen molar-refractivity contribution in [3.63, 3.8) is 0 Å². The first-order chi connectivity index (χ1) is 14.4. The van der Waals surface area contributed by atoms with E-state index in [2.05, 4.69) is 10.5 Å². The van der Waals surface area contributed by atoms with Crippen molar-refractivity contribution in [2.75, 3.05) is 0 Å². The minimum Gasteiger partial charge on any atom is -0.458 e. The maximum Gasteiger partial charge on any atom is 0.325 e. The first kappa shape index (κ1) is 18.4. The van der Waals surface area contributed by atoms with Crippen LogP contribution in [0.25, 0.3) is 22.2 Å². The predicted octanol–water partition coefficient (Wildman–Crippen LogP) is 4.71. The second-order valence-corrected chi connectivity index (χ2v) is 7.72. The van der Waals surface area contributed by atoms with Crippen LogP contribution in [0.2, 0.25) is 5.02 Å². The van der Waals surface area contributed by atoms with Crippen molar-refractivity contribution >= 4 is 34.5 Å². The maximum absolute atomic E-state index is 13.1. The van der Waals surface area contributed by atoms with E-state index in [-0.39, 0.29) is 6.54 Å². The molecule has 7 nitrogen and oxygen atoms in total. The number of furan rings is 1. The van der Waals surface area contributed by atoms with E-state index in [1.54, 1.807) is 31.2 Å². The normalized spacial score (nSPS) is 18.9. The summed E-state index contributed by atoms with van der Waals surface area (Å²) in [7, 11) is 0. The number of carbonyl (C=O) groups excluding carboxylic acids is 2. The van der Waals surface area contributed by atoms with Crippen molar-refractivity contribution in [2.45, 2.75) is 19.0 Å². The van der Waals surface area contributed by atoms with E-state index in [0.717, 1.165) is 15.8 Å². The fourth-order valence-corrected chi connectivity index (χ4v) is 3.66. The second-order valence-electron chi connectivity index (χ2n) is 7.28. The lowest BCUT2D eigenvalue weighted by Gasteiger charge is -2.18. The molecule has 5 rings (SSSR count). The number of hydrogen-bond donors (Lipinski definition) is 1.